The van der Waals surface area contributed by atoms with Crippen LogP contribution < -0.4 is 0 Å². The Hall–Kier alpha value is -1.97. The van der Waals surface area contributed by atoms with Crippen molar-refractivity contribution in [3.63, 3.8) is 0 Å². The van der Waals surface area contributed by atoms with Crippen LogP contribution >= 0.6 is 0 Å². The molecule has 0 spiro atoms. The summed E-state index contributed by atoms with van der Waals surface area (Å²) in [4.78, 5) is 10.1. The Bertz CT molecular complexity index is 402. The average molecular weight is 210 g/mol. The van der Waals surface area contributed by atoms with Crippen molar-refractivity contribution in [2.75, 3.05) is 0 Å². The van der Waals surface area contributed by atoms with Crippen molar-refractivity contribution in [2.24, 2.45) is 0 Å². The molecule has 0 amide bonds. The summed E-state index contributed by atoms with van der Waals surface area (Å²) in [7, 11) is 0. The van der Waals surface area contributed by atoms with Gasteiger partial charge in [-0.2, -0.15) is 0 Å². The van der Waals surface area contributed by atoms with Gasteiger partial charge in [-0.25, -0.2) is 13.6 Å². The number of hydrogen-bond acceptors (Lipinski definition) is 1. The van der Waals surface area contributed by atoms with Crippen molar-refractivity contribution in [2.45, 2.75) is 0 Å². The van der Waals surface area contributed by atoms with Gasteiger partial charge in [-0.15, -0.1) is 0 Å². The van der Waals surface area contributed by atoms with Crippen molar-refractivity contribution in [1.82, 2.24) is 0 Å². The summed E-state index contributed by atoms with van der Waals surface area (Å²) >= 11 is 0. The van der Waals surface area contributed by atoms with Crippen LogP contribution in [0.2, 0.25) is 0 Å². The Kier molecular flexibility index (Phi) is 3.74. The Morgan fingerprint density at radius 2 is 1.80 bits per heavy atom. The molecule has 0 fully saturated rings. The first kappa shape index (κ1) is 11.1. The second-order valence-electron chi connectivity index (χ2n) is 2.69. The van der Waals surface area contributed by atoms with Gasteiger partial charge in [0.2, 0.25) is 0 Å². The summed E-state index contributed by atoms with van der Waals surface area (Å²) in [5.74, 6) is -2.49. The second kappa shape index (κ2) is 5.05. The summed E-state index contributed by atoms with van der Waals surface area (Å²) < 4.78 is 26.0. The molecule has 0 aromatic heterocycles. The molecule has 0 bridgehead atoms. The van der Waals surface area contributed by atoms with Crippen molar-refractivity contribution in [3.05, 3.63) is 53.6 Å². The molecule has 0 saturated carbocycles. The number of aliphatic carboxylic acids is 1. The van der Waals surface area contributed by atoms with E-state index in [9.17, 15) is 13.6 Å². The first-order valence-corrected chi connectivity index (χ1v) is 4.13. The fraction of sp³-hybridized carbons (Fsp3) is 0. The van der Waals surface area contributed by atoms with Gasteiger partial charge in [-0.1, -0.05) is 18.2 Å². The van der Waals surface area contributed by atoms with E-state index in [1.54, 1.807) is 0 Å². The molecule has 4 heteroatoms. The molecule has 0 atom stereocenters. The number of carboxylic acid groups (broad SMARTS) is 1. The van der Waals surface area contributed by atoms with Gasteiger partial charge in [0.05, 0.1) is 0 Å². The molecule has 1 aromatic rings. The Labute approximate surface area is 85.2 Å². The van der Waals surface area contributed by atoms with Crippen molar-refractivity contribution in [3.8, 4) is 0 Å². The molecule has 0 radical (unpaired) electrons. The number of halogens is 2. The van der Waals surface area contributed by atoms with E-state index in [2.05, 4.69) is 0 Å². The first-order valence-electron chi connectivity index (χ1n) is 4.13. The molecular weight excluding hydrogens is 202 g/mol. The maximum absolute atomic E-state index is 13.0. The molecule has 0 saturated heterocycles. The van der Waals surface area contributed by atoms with Gasteiger partial charge in [0.1, 0.15) is 11.6 Å². The van der Waals surface area contributed by atoms with Crippen LogP contribution in [0, 0.1) is 11.6 Å². The third-order valence-electron chi connectivity index (χ3n) is 1.61. The molecule has 0 aliphatic rings. The zero-order chi connectivity index (χ0) is 11.3. The fourth-order valence-corrected chi connectivity index (χ4v) is 0.960. The lowest BCUT2D eigenvalue weighted by Crippen LogP contribution is -1.87. The van der Waals surface area contributed by atoms with Crippen LogP contribution in [0.1, 0.15) is 5.56 Å². The highest BCUT2D eigenvalue weighted by Gasteiger charge is 2.02. The highest BCUT2D eigenvalue weighted by atomic mass is 19.1. The van der Waals surface area contributed by atoms with Crippen LogP contribution in [0.3, 0.4) is 0 Å². The van der Waals surface area contributed by atoms with E-state index < -0.39 is 17.6 Å². The molecule has 2 nitrogen and oxygen atoms in total. The number of hydrogen-bond donors (Lipinski definition) is 1. The van der Waals surface area contributed by atoms with Crippen LogP contribution in [-0.4, -0.2) is 11.1 Å². The van der Waals surface area contributed by atoms with Gasteiger partial charge in [-0.3, -0.25) is 0 Å². The Balaban J connectivity index is 2.85. The normalized spacial score (nSPS) is 11.3. The SMILES string of the molecule is O=C(O)/C=C/C=C/c1c(F)cccc1F. The third kappa shape index (κ3) is 3.34. The quantitative estimate of drug-likeness (QED) is 0.615. The fourth-order valence-electron chi connectivity index (χ4n) is 0.960. The van der Waals surface area contributed by atoms with Gasteiger partial charge >= 0.3 is 5.97 Å². The number of carboxylic acids is 1. The minimum Gasteiger partial charge on any atom is -0.478 e. The number of benzene rings is 1. The molecule has 0 aliphatic carbocycles. The van der Waals surface area contributed by atoms with Gasteiger partial charge in [0.15, 0.2) is 0 Å². The van der Waals surface area contributed by atoms with Crippen LogP contribution in [0.4, 0.5) is 8.78 Å². The lowest BCUT2D eigenvalue weighted by atomic mass is 10.2. The van der Waals surface area contributed by atoms with E-state index in [0.29, 0.717) is 0 Å². The minimum absolute atomic E-state index is 0.187. The molecule has 1 aromatic carbocycles. The maximum Gasteiger partial charge on any atom is 0.328 e. The summed E-state index contributed by atoms with van der Waals surface area (Å²) in [5.41, 5.74) is -0.187. The zero-order valence-corrected chi connectivity index (χ0v) is 7.65. The Morgan fingerprint density at radius 3 is 2.33 bits per heavy atom. The second-order valence-corrected chi connectivity index (χ2v) is 2.69. The summed E-state index contributed by atoms with van der Waals surface area (Å²) in [6.45, 7) is 0. The summed E-state index contributed by atoms with van der Waals surface area (Å²) in [6, 6.07) is 3.52. The van der Waals surface area contributed by atoms with E-state index >= 15 is 0 Å². The monoisotopic (exact) mass is 210 g/mol. The number of allylic oxidation sites excluding steroid dienone is 2. The molecule has 0 unspecified atom stereocenters. The molecule has 0 heterocycles. The van der Waals surface area contributed by atoms with Crippen LogP contribution in [0.15, 0.2) is 36.4 Å². The van der Waals surface area contributed by atoms with Crippen molar-refractivity contribution >= 4 is 12.0 Å². The molecule has 0 aliphatic heterocycles. The van der Waals surface area contributed by atoms with Gasteiger partial charge < -0.3 is 5.11 Å². The van der Waals surface area contributed by atoms with E-state index in [4.69, 9.17) is 5.11 Å². The summed E-state index contributed by atoms with van der Waals surface area (Å²) in [6.07, 6.45) is 4.49. The average Bonchev–Trinajstić information content (AvgIpc) is 2.15. The first-order chi connectivity index (χ1) is 7.11. The van der Waals surface area contributed by atoms with Gasteiger partial charge in [0.25, 0.3) is 0 Å². The highest BCUT2D eigenvalue weighted by molar-refractivity contribution is 5.80. The minimum atomic E-state index is -1.12. The van der Waals surface area contributed by atoms with Gasteiger partial charge in [-0.05, 0) is 18.2 Å². The lowest BCUT2D eigenvalue weighted by Gasteiger charge is -1.96. The maximum atomic E-state index is 13.0. The van der Waals surface area contributed by atoms with Gasteiger partial charge in [0, 0.05) is 11.6 Å². The van der Waals surface area contributed by atoms with Crippen LogP contribution in [0.5, 0.6) is 0 Å². The molecular formula is C11H8F2O2. The predicted octanol–water partition coefficient (Wildman–Crippen LogP) is 2.62. The third-order valence-corrected chi connectivity index (χ3v) is 1.61. The van der Waals surface area contributed by atoms with Crippen molar-refractivity contribution < 1.29 is 18.7 Å². The van der Waals surface area contributed by atoms with E-state index in [1.807, 2.05) is 0 Å². The molecule has 15 heavy (non-hydrogen) atoms. The zero-order valence-electron chi connectivity index (χ0n) is 7.65. The molecule has 1 rings (SSSR count). The molecule has 78 valence electrons. The lowest BCUT2D eigenvalue weighted by molar-refractivity contribution is -0.131. The van der Waals surface area contributed by atoms with Crippen LogP contribution in [0.25, 0.3) is 6.08 Å². The van der Waals surface area contributed by atoms with E-state index in [0.717, 1.165) is 18.2 Å². The van der Waals surface area contributed by atoms with E-state index in [-0.39, 0.29) is 5.56 Å². The van der Waals surface area contributed by atoms with Crippen LogP contribution in [-0.2, 0) is 4.79 Å². The van der Waals surface area contributed by atoms with E-state index in [1.165, 1.54) is 24.3 Å². The standard InChI is InChI=1S/C11H8F2O2/c12-9-5-3-6-10(13)8(9)4-1-2-7-11(14)15/h1-7H,(H,14,15)/b4-1+,7-2+. The molecule has 1 N–H and O–H groups in total. The predicted molar refractivity (Wildman–Crippen MR) is 52.2 cm³/mol. The topological polar surface area (TPSA) is 37.3 Å². The Morgan fingerprint density at radius 1 is 1.20 bits per heavy atom. The smallest absolute Gasteiger partial charge is 0.328 e. The van der Waals surface area contributed by atoms with Crippen molar-refractivity contribution in [1.29, 1.82) is 0 Å². The number of rotatable bonds is 3. The largest absolute Gasteiger partial charge is 0.478 e. The number of carbonyl (C=O) groups is 1. The highest BCUT2D eigenvalue weighted by Crippen LogP contribution is 2.13. The summed E-state index contributed by atoms with van der Waals surface area (Å²) in [5, 5.41) is 8.25.